The van der Waals surface area contributed by atoms with Crippen molar-refractivity contribution in [1.82, 2.24) is 4.98 Å². The largest absolute Gasteiger partial charge is 0.444 e. The highest BCUT2D eigenvalue weighted by atomic mass is 19.1. The zero-order valence-corrected chi connectivity index (χ0v) is 12.1. The Morgan fingerprint density at radius 1 is 1.48 bits per heavy atom. The van der Waals surface area contributed by atoms with Crippen LogP contribution in [0.1, 0.15) is 41.0 Å². The summed E-state index contributed by atoms with van der Waals surface area (Å²) >= 11 is 0. The molecule has 0 unspecified atom stereocenters. The first kappa shape index (κ1) is 15.0. The van der Waals surface area contributed by atoms with Gasteiger partial charge in [-0.15, -0.1) is 0 Å². The van der Waals surface area contributed by atoms with E-state index in [-0.39, 0.29) is 5.56 Å². The van der Waals surface area contributed by atoms with E-state index >= 15 is 0 Å². The van der Waals surface area contributed by atoms with Crippen LogP contribution in [0.15, 0.2) is 22.6 Å². The average molecular weight is 291 g/mol. The van der Waals surface area contributed by atoms with Crippen LogP contribution < -0.4 is 11.1 Å². The molecular formula is C15H18FN3O2. The molecule has 0 spiro atoms. The van der Waals surface area contributed by atoms with Crippen molar-refractivity contribution in [2.45, 2.75) is 33.2 Å². The van der Waals surface area contributed by atoms with Crippen molar-refractivity contribution in [3.8, 4) is 0 Å². The molecule has 0 radical (unpaired) electrons. The van der Waals surface area contributed by atoms with E-state index < -0.39 is 11.7 Å². The number of nitrogens with one attached hydrogen (secondary N) is 1. The molecule has 1 heterocycles. The van der Waals surface area contributed by atoms with Gasteiger partial charge in [-0.1, -0.05) is 6.92 Å². The number of carbonyl (C=O) groups is 1. The molecule has 0 atom stereocenters. The Kier molecular flexibility index (Phi) is 4.57. The summed E-state index contributed by atoms with van der Waals surface area (Å²) < 4.78 is 19.3. The van der Waals surface area contributed by atoms with Gasteiger partial charge in [0.2, 0.25) is 0 Å². The number of oxazole rings is 1. The predicted molar refractivity (Wildman–Crippen MR) is 77.5 cm³/mol. The van der Waals surface area contributed by atoms with Crippen LogP contribution in [0.3, 0.4) is 0 Å². The number of halogens is 1. The molecule has 0 aliphatic heterocycles. The summed E-state index contributed by atoms with van der Waals surface area (Å²) in [7, 11) is 0. The zero-order valence-electron chi connectivity index (χ0n) is 12.1. The maximum Gasteiger partial charge on any atom is 0.251 e. The summed E-state index contributed by atoms with van der Waals surface area (Å²) in [6.07, 6.45) is 1.76. The number of benzene rings is 1. The number of primary amides is 1. The summed E-state index contributed by atoms with van der Waals surface area (Å²) in [5, 5.41) is 3.04. The van der Waals surface area contributed by atoms with Gasteiger partial charge in [0.15, 0.2) is 5.89 Å². The highest BCUT2D eigenvalue weighted by molar-refractivity contribution is 5.93. The minimum atomic E-state index is -0.783. The molecule has 0 saturated heterocycles. The third-order valence-corrected chi connectivity index (χ3v) is 3.09. The van der Waals surface area contributed by atoms with Gasteiger partial charge in [-0.2, -0.15) is 0 Å². The van der Waals surface area contributed by atoms with Crippen LogP contribution in [-0.4, -0.2) is 10.9 Å². The Balaban J connectivity index is 2.06. The number of aryl methyl sites for hydroxylation is 2. The van der Waals surface area contributed by atoms with Crippen molar-refractivity contribution in [3.63, 3.8) is 0 Å². The number of hydrogen-bond donors (Lipinski definition) is 2. The molecule has 3 N–H and O–H groups in total. The molecule has 6 heteroatoms. The number of hydrogen-bond acceptors (Lipinski definition) is 4. The summed E-state index contributed by atoms with van der Waals surface area (Å²) in [6, 6.07) is 4.19. The highest BCUT2D eigenvalue weighted by Crippen LogP contribution is 2.17. The van der Waals surface area contributed by atoms with E-state index in [1.54, 1.807) is 6.07 Å². The van der Waals surface area contributed by atoms with Crippen LogP contribution in [0.4, 0.5) is 10.1 Å². The van der Waals surface area contributed by atoms with Gasteiger partial charge >= 0.3 is 0 Å². The summed E-state index contributed by atoms with van der Waals surface area (Å²) in [5.74, 6) is 0.00249. The molecule has 2 rings (SSSR count). The Hall–Kier alpha value is -2.37. The van der Waals surface area contributed by atoms with Crippen molar-refractivity contribution >= 4 is 11.6 Å². The lowest BCUT2D eigenvalue weighted by atomic mass is 10.2. The highest BCUT2D eigenvalue weighted by Gasteiger charge is 2.11. The molecule has 1 amide bonds. The Labute approximate surface area is 122 Å². The van der Waals surface area contributed by atoms with E-state index in [4.69, 9.17) is 10.2 Å². The minimum Gasteiger partial charge on any atom is -0.444 e. The van der Waals surface area contributed by atoms with Gasteiger partial charge in [0.1, 0.15) is 11.6 Å². The monoisotopic (exact) mass is 291 g/mol. The smallest absolute Gasteiger partial charge is 0.251 e. The van der Waals surface area contributed by atoms with Gasteiger partial charge in [0.05, 0.1) is 17.8 Å². The number of amides is 1. The van der Waals surface area contributed by atoms with E-state index in [1.807, 2.05) is 6.92 Å². The third-order valence-electron chi connectivity index (χ3n) is 3.09. The molecule has 2 aromatic rings. The maximum absolute atomic E-state index is 13.6. The Morgan fingerprint density at radius 2 is 2.24 bits per heavy atom. The molecule has 5 nitrogen and oxygen atoms in total. The van der Waals surface area contributed by atoms with Gasteiger partial charge in [0, 0.05) is 12.1 Å². The SMILES string of the molecule is CCCc1nc(C)c(CNc2ccc(C(N)=O)c(F)c2)o1. The van der Waals surface area contributed by atoms with Crippen LogP contribution in [0.25, 0.3) is 0 Å². The summed E-state index contributed by atoms with van der Waals surface area (Å²) in [5.41, 5.74) is 6.30. The second-order valence-corrected chi connectivity index (χ2v) is 4.78. The van der Waals surface area contributed by atoms with E-state index in [9.17, 15) is 9.18 Å². The number of carbonyl (C=O) groups excluding carboxylic acids is 1. The molecule has 0 bridgehead atoms. The standard InChI is InChI=1S/C15H18FN3O2/c1-3-4-14-19-9(2)13(21-14)8-18-10-5-6-11(15(17)20)12(16)7-10/h5-7,18H,3-4,8H2,1-2H3,(H2,17,20). The van der Waals surface area contributed by atoms with Gasteiger partial charge in [-0.3, -0.25) is 4.79 Å². The van der Waals surface area contributed by atoms with Gasteiger partial charge < -0.3 is 15.5 Å². The molecule has 112 valence electrons. The first-order valence-electron chi connectivity index (χ1n) is 6.79. The molecule has 1 aromatic carbocycles. The molecular weight excluding hydrogens is 273 g/mol. The fourth-order valence-electron chi connectivity index (χ4n) is 1.98. The lowest BCUT2D eigenvalue weighted by molar-refractivity contribution is 0.0996. The van der Waals surface area contributed by atoms with E-state index in [2.05, 4.69) is 17.2 Å². The number of nitrogens with zero attached hydrogens (tertiary/aromatic N) is 1. The van der Waals surface area contributed by atoms with Crippen molar-refractivity contribution in [1.29, 1.82) is 0 Å². The molecule has 0 saturated carbocycles. The van der Waals surface area contributed by atoms with Crippen LogP contribution >= 0.6 is 0 Å². The number of aromatic nitrogens is 1. The van der Waals surface area contributed by atoms with Crippen LogP contribution in [0.2, 0.25) is 0 Å². The maximum atomic E-state index is 13.6. The molecule has 0 fully saturated rings. The summed E-state index contributed by atoms with van der Waals surface area (Å²) in [4.78, 5) is 15.3. The third kappa shape index (κ3) is 3.59. The summed E-state index contributed by atoms with van der Waals surface area (Å²) in [6.45, 7) is 4.33. The normalized spacial score (nSPS) is 10.6. The quantitative estimate of drug-likeness (QED) is 0.857. The Bertz CT molecular complexity index is 652. The second kappa shape index (κ2) is 6.39. The number of nitrogens with two attached hydrogens (primary N) is 1. The predicted octanol–water partition coefficient (Wildman–Crippen LogP) is 2.79. The minimum absolute atomic E-state index is 0.123. The van der Waals surface area contributed by atoms with E-state index in [0.29, 0.717) is 18.1 Å². The van der Waals surface area contributed by atoms with Crippen LogP contribution in [-0.2, 0) is 13.0 Å². The van der Waals surface area contributed by atoms with E-state index in [0.717, 1.165) is 24.3 Å². The first-order valence-corrected chi connectivity index (χ1v) is 6.79. The lowest BCUT2D eigenvalue weighted by Gasteiger charge is -2.06. The van der Waals surface area contributed by atoms with Crippen molar-refractivity contribution in [2.75, 3.05) is 5.32 Å². The fraction of sp³-hybridized carbons (Fsp3) is 0.333. The number of anilines is 1. The van der Waals surface area contributed by atoms with Gasteiger partial charge in [0.25, 0.3) is 5.91 Å². The van der Waals surface area contributed by atoms with Gasteiger partial charge in [-0.05, 0) is 31.5 Å². The zero-order chi connectivity index (χ0) is 15.4. The lowest BCUT2D eigenvalue weighted by Crippen LogP contribution is -2.13. The van der Waals surface area contributed by atoms with E-state index in [1.165, 1.54) is 12.1 Å². The topological polar surface area (TPSA) is 81.1 Å². The average Bonchev–Trinajstić information content (AvgIpc) is 2.76. The molecule has 1 aromatic heterocycles. The fourth-order valence-corrected chi connectivity index (χ4v) is 1.98. The van der Waals surface area contributed by atoms with Crippen LogP contribution in [0.5, 0.6) is 0 Å². The van der Waals surface area contributed by atoms with Crippen molar-refractivity contribution in [3.05, 3.63) is 46.9 Å². The molecule has 0 aliphatic rings. The van der Waals surface area contributed by atoms with Crippen molar-refractivity contribution < 1.29 is 13.6 Å². The second-order valence-electron chi connectivity index (χ2n) is 4.78. The molecule has 21 heavy (non-hydrogen) atoms. The Morgan fingerprint density at radius 3 is 2.86 bits per heavy atom. The number of rotatable bonds is 6. The first-order chi connectivity index (χ1) is 10.0. The van der Waals surface area contributed by atoms with Crippen LogP contribution in [0, 0.1) is 12.7 Å². The van der Waals surface area contributed by atoms with Gasteiger partial charge in [-0.25, -0.2) is 9.37 Å². The molecule has 0 aliphatic carbocycles. The van der Waals surface area contributed by atoms with Crippen molar-refractivity contribution in [2.24, 2.45) is 5.73 Å².